The van der Waals surface area contributed by atoms with Crippen LogP contribution in [0.3, 0.4) is 0 Å². The zero-order chi connectivity index (χ0) is 14.8. The van der Waals surface area contributed by atoms with E-state index in [-0.39, 0.29) is 5.91 Å². The van der Waals surface area contributed by atoms with Gasteiger partial charge >= 0.3 is 0 Å². The number of amides is 1. The highest BCUT2D eigenvalue weighted by Crippen LogP contribution is 2.31. The Hall–Kier alpha value is -2.20. The van der Waals surface area contributed by atoms with E-state index in [1.54, 1.807) is 0 Å². The summed E-state index contributed by atoms with van der Waals surface area (Å²) in [5.41, 5.74) is 10.6. The molecule has 1 amide bonds. The van der Waals surface area contributed by atoms with Gasteiger partial charge in [-0.3, -0.25) is 4.79 Å². The summed E-state index contributed by atoms with van der Waals surface area (Å²) in [5.74, 6) is 0.0491. The fourth-order valence-electron chi connectivity index (χ4n) is 2.44. The standard InChI is InChI=1S/C16H16ClN3O/c17-12-3-1-2-10(6-12)9-19-15-8-14-11(7-13(15)18)4-5-16(21)20-14/h1-3,6-8,19H,4-5,9,18H2,(H,20,21). The maximum atomic E-state index is 11.5. The molecule has 0 saturated heterocycles. The van der Waals surface area contributed by atoms with Crippen LogP contribution in [-0.4, -0.2) is 5.91 Å². The van der Waals surface area contributed by atoms with Gasteiger partial charge in [-0.15, -0.1) is 0 Å². The Morgan fingerprint density at radius 3 is 2.90 bits per heavy atom. The maximum Gasteiger partial charge on any atom is 0.224 e. The van der Waals surface area contributed by atoms with Crippen molar-refractivity contribution in [2.24, 2.45) is 0 Å². The van der Waals surface area contributed by atoms with E-state index >= 15 is 0 Å². The van der Waals surface area contributed by atoms with Crippen LogP contribution in [0.5, 0.6) is 0 Å². The normalized spacial score (nSPS) is 13.5. The summed E-state index contributed by atoms with van der Waals surface area (Å²) in [4.78, 5) is 11.5. The van der Waals surface area contributed by atoms with Gasteiger partial charge in [-0.25, -0.2) is 0 Å². The molecule has 0 fully saturated rings. The smallest absolute Gasteiger partial charge is 0.224 e. The fourth-order valence-corrected chi connectivity index (χ4v) is 2.66. The van der Waals surface area contributed by atoms with Crippen LogP contribution in [0.2, 0.25) is 5.02 Å². The minimum atomic E-state index is 0.0491. The van der Waals surface area contributed by atoms with Gasteiger partial charge in [0.05, 0.1) is 11.4 Å². The molecule has 0 aromatic heterocycles. The third-order valence-electron chi connectivity index (χ3n) is 3.54. The molecule has 0 saturated carbocycles. The second kappa shape index (κ2) is 5.66. The number of anilines is 3. The Labute approximate surface area is 128 Å². The number of carbonyl (C=O) groups is 1. The number of halogens is 1. The minimum absolute atomic E-state index is 0.0491. The van der Waals surface area contributed by atoms with Crippen LogP contribution >= 0.6 is 11.6 Å². The number of nitrogens with one attached hydrogen (secondary N) is 2. The third kappa shape index (κ3) is 3.11. The first-order chi connectivity index (χ1) is 10.1. The van der Waals surface area contributed by atoms with Gasteiger partial charge in [0.25, 0.3) is 0 Å². The second-order valence-corrected chi connectivity index (χ2v) is 5.56. The average molecular weight is 302 g/mol. The van der Waals surface area contributed by atoms with Crippen LogP contribution in [0.4, 0.5) is 17.1 Å². The molecule has 1 aliphatic heterocycles. The highest BCUT2D eigenvalue weighted by molar-refractivity contribution is 6.30. The van der Waals surface area contributed by atoms with Crippen LogP contribution in [0.15, 0.2) is 36.4 Å². The van der Waals surface area contributed by atoms with Gasteiger partial charge in [-0.1, -0.05) is 23.7 Å². The first-order valence-corrected chi connectivity index (χ1v) is 7.20. The molecule has 1 heterocycles. The van der Waals surface area contributed by atoms with E-state index in [1.165, 1.54) is 0 Å². The first-order valence-electron chi connectivity index (χ1n) is 6.82. The number of carbonyl (C=O) groups excluding carboxylic acids is 1. The molecule has 108 valence electrons. The Morgan fingerprint density at radius 2 is 2.10 bits per heavy atom. The number of rotatable bonds is 3. The van der Waals surface area contributed by atoms with Crippen molar-refractivity contribution in [3.05, 3.63) is 52.5 Å². The Kier molecular flexibility index (Phi) is 3.71. The fraction of sp³-hybridized carbons (Fsp3) is 0.188. The van der Waals surface area contributed by atoms with Gasteiger partial charge in [-0.2, -0.15) is 0 Å². The zero-order valence-corrected chi connectivity index (χ0v) is 12.2. The molecule has 2 aromatic carbocycles. The summed E-state index contributed by atoms with van der Waals surface area (Å²) >= 11 is 5.97. The molecule has 0 bridgehead atoms. The molecule has 0 aliphatic carbocycles. The molecule has 1 aliphatic rings. The van der Waals surface area contributed by atoms with Crippen molar-refractivity contribution >= 4 is 34.6 Å². The summed E-state index contributed by atoms with van der Waals surface area (Å²) in [7, 11) is 0. The highest BCUT2D eigenvalue weighted by Gasteiger charge is 2.16. The van der Waals surface area contributed by atoms with Crippen molar-refractivity contribution in [2.45, 2.75) is 19.4 Å². The molecule has 0 unspecified atom stereocenters. The molecule has 4 N–H and O–H groups in total. The highest BCUT2D eigenvalue weighted by atomic mass is 35.5. The quantitative estimate of drug-likeness (QED) is 0.761. The van der Waals surface area contributed by atoms with Crippen molar-refractivity contribution in [3.63, 3.8) is 0 Å². The number of hydrogen-bond acceptors (Lipinski definition) is 3. The van der Waals surface area contributed by atoms with Crippen LogP contribution in [0, 0.1) is 0 Å². The predicted octanol–water partition coefficient (Wildman–Crippen LogP) is 3.42. The lowest BCUT2D eigenvalue weighted by Crippen LogP contribution is -2.19. The summed E-state index contributed by atoms with van der Waals surface area (Å²) in [6.45, 7) is 0.623. The van der Waals surface area contributed by atoms with Gasteiger partial charge in [-0.05, 0) is 41.8 Å². The predicted molar refractivity (Wildman–Crippen MR) is 86.6 cm³/mol. The molecule has 0 radical (unpaired) electrons. The summed E-state index contributed by atoms with van der Waals surface area (Å²) < 4.78 is 0. The third-order valence-corrected chi connectivity index (χ3v) is 3.78. The van der Waals surface area contributed by atoms with Gasteiger partial charge in [0, 0.05) is 23.7 Å². The molecule has 4 nitrogen and oxygen atoms in total. The molecule has 2 aromatic rings. The Bertz CT molecular complexity index is 700. The first kappa shape index (κ1) is 13.8. The van der Waals surface area contributed by atoms with E-state index < -0.39 is 0 Å². The summed E-state index contributed by atoms with van der Waals surface area (Å²) in [5, 5.41) is 6.87. The van der Waals surface area contributed by atoms with E-state index in [2.05, 4.69) is 10.6 Å². The molecule has 5 heteroatoms. The van der Waals surface area contributed by atoms with E-state index in [0.717, 1.165) is 28.9 Å². The van der Waals surface area contributed by atoms with Gasteiger partial charge in [0.2, 0.25) is 5.91 Å². The zero-order valence-electron chi connectivity index (χ0n) is 11.4. The number of benzene rings is 2. The molecular formula is C16H16ClN3O. The van der Waals surface area contributed by atoms with Crippen molar-refractivity contribution in [1.82, 2.24) is 0 Å². The lowest BCUT2D eigenvalue weighted by atomic mass is 10.0. The van der Waals surface area contributed by atoms with Crippen LogP contribution in [-0.2, 0) is 17.8 Å². The largest absolute Gasteiger partial charge is 0.397 e. The van der Waals surface area contributed by atoms with Crippen LogP contribution in [0.1, 0.15) is 17.5 Å². The van der Waals surface area contributed by atoms with Gasteiger partial charge < -0.3 is 16.4 Å². The maximum absolute atomic E-state index is 11.5. The lowest BCUT2D eigenvalue weighted by molar-refractivity contribution is -0.116. The molecule has 0 atom stereocenters. The molecule has 3 rings (SSSR count). The number of hydrogen-bond donors (Lipinski definition) is 3. The van der Waals surface area contributed by atoms with Gasteiger partial charge in [0.1, 0.15) is 0 Å². The van der Waals surface area contributed by atoms with Gasteiger partial charge in [0.15, 0.2) is 0 Å². The molecule has 0 spiro atoms. The average Bonchev–Trinajstić information content (AvgIpc) is 2.45. The monoisotopic (exact) mass is 301 g/mol. The van der Waals surface area contributed by atoms with Crippen LogP contribution in [0.25, 0.3) is 0 Å². The minimum Gasteiger partial charge on any atom is -0.397 e. The number of nitrogen functional groups attached to an aromatic ring is 1. The van der Waals surface area contributed by atoms with E-state index in [9.17, 15) is 4.79 Å². The van der Waals surface area contributed by atoms with Crippen molar-refractivity contribution in [1.29, 1.82) is 0 Å². The molecular weight excluding hydrogens is 286 g/mol. The van der Waals surface area contributed by atoms with Crippen LogP contribution < -0.4 is 16.4 Å². The molecule has 21 heavy (non-hydrogen) atoms. The van der Waals surface area contributed by atoms with Crippen molar-refractivity contribution in [2.75, 3.05) is 16.4 Å². The topological polar surface area (TPSA) is 67.2 Å². The lowest BCUT2D eigenvalue weighted by Gasteiger charge is -2.20. The van der Waals surface area contributed by atoms with E-state index in [1.807, 2.05) is 36.4 Å². The van der Waals surface area contributed by atoms with Crippen molar-refractivity contribution in [3.8, 4) is 0 Å². The van der Waals surface area contributed by atoms with Crippen molar-refractivity contribution < 1.29 is 4.79 Å². The number of nitrogens with two attached hydrogens (primary N) is 1. The Morgan fingerprint density at radius 1 is 1.24 bits per heavy atom. The summed E-state index contributed by atoms with van der Waals surface area (Å²) in [6, 6.07) is 11.5. The Balaban J connectivity index is 1.79. The SMILES string of the molecule is Nc1cc2c(cc1NCc1cccc(Cl)c1)NC(=O)CC2. The second-order valence-electron chi connectivity index (χ2n) is 5.13. The number of aryl methyl sites for hydroxylation is 1. The summed E-state index contributed by atoms with van der Waals surface area (Å²) in [6.07, 6.45) is 1.25. The van der Waals surface area contributed by atoms with E-state index in [4.69, 9.17) is 17.3 Å². The van der Waals surface area contributed by atoms with E-state index in [0.29, 0.717) is 23.7 Å². The number of fused-ring (bicyclic) bond motifs is 1.